The predicted molar refractivity (Wildman–Crippen MR) is 105 cm³/mol. The molecule has 0 unspecified atom stereocenters. The lowest BCUT2D eigenvalue weighted by Gasteiger charge is -2.08. The Kier molecular flexibility index (Phi) is 6.36. The van der Waals surface area contributed by atoms with Gasteiger partial charge in [-0.3, -0.25) is 0 Å². The summed E-state index contributed by atoms with van der Waals surface area (Å²) in [5, 5.41) is 9.97. The van der Waals surface area contributed by atoms with Crippen LogP contribution in [0.5, 0.6) is 0 Å². The Bertz CT molecular complexity index is 1010. The number of aromatic carboxylic acids is 1. The lowest BCUT2D eigenvalue weighted by Crippen LogP contribution is -2.03. The SMILES string of the molecule is Cc1c(-c2ccc(F)cc2)c2cc(C(=O)O)ccc2n1C/C(F)=C/CN.Cl. The lowest BCUT2D eigenvalue weighted by molar-refractivity contribution is 0.0697. The fourth-order valence-corrected chi connectivity index (χ4v) is 3.14. The molecule has 3 rings (SSSR count). The zero-order valence-corrected chi connectivity index (χ0v) is 15.4. The first-order chi connectivity index (χ1) is 12.4. The highest BCUT2D eigenvalue weighted by Crippen LogP contribution is 2.36. The fraction of sp³-hybridized carbons (Fsp3) is 0.150. The first-order valence-corrected chi connectivity index (χ1v) is 8.09. The zero-order chi connectivity index (χ0) is 18.8. The number of hydrogen-bond acceptors (Lipinski definition) is 2. The monoisotopic (exact) mass is 392 g/mol. The normalized spacial score (nSPS) is 11.5. The van der Waals surface area contributed by atoms with E-state index < -0.39 is 5.97 Å². The second-order valence-corrected chi connectivity index (χ2v) is 5.98. The number of rotatable bonds is 5. The van der Waals surface area contributed by atoms with Gasteiger partial charge in [0.15, 0.2) is 0 Å². The quantitative estimate of drug-likeness (QED) is 0.662. The molecular formula is C20H19ClF2N2O2. The summed E-state index contributed by atoms with van der Waals surface area (Å²) in [6.07, 6.45) is 1.30. The topological polar surface area (TPSA) is 68.2 Å². The van der Waals surface area contributed by atoms with Crippen LogP contribution in [0.25, 0.3) is 22.0 Å². The van der Waals surface area contributed by atoms with Crippen molar-refractivity contribution in [2.24, 2.45) is 5.73 Å². The number of aromatic nitrogens is 1. The average molecular weight is 393 g/mol. The van der Waals surface area contributed by atoms with E-state index in [-0.39, 0.29) is 42.7 Å². The molecule has 0 aliphatic carbocycles. The molecule has 0 radical (unpaired) electrons. The van der Waals surface area contributed by atoms with Crippen molar-refractivity contribution in [1.29, 1.82) is 0 Å². The van der Waals surface area contributed by atoms with E-state index in [1.807, 2.05) is 6.92 Å². The van der Waals surface area contributed by atoms with Gasteiger partial charge in [0, 0.05) is 28.7 Å². The Morgan fingerprint density at radius 3 is 2.48 bits per heavy atom. The van der Waals surface area contributed by atoms with Crippen LogP contribution >= 0.6 is 12.4 Å². The van der Waals surface area contributed by atoms with Gasteiger partial charge in [-0.05, 0) is 48.9 Å². The molecule has 1 aromatic heterocycles. The van der Waals surface area contributed by atoms with Crippen LogP contribution in [-0.4, -0.2) is 22.2 Å². The van der Waals surface area contributed by atoms with Gasteiger partial charge in [-0.2, -0.15) is 0 Å². The van der Waals surface area contributed by atoms with Crippen molar-refractivity contribution < 1.29 is 18.7 Å². The lowest BCUT2D eigenvalue weighted by atomic mass is 10.0. The molecule has 4 nitrogen and oxygen atoms in total. The van der Waals surface area contributed by atoms with Gasteiger partial charge in [-0.15, -0.1) is 12.4 Å². The molecule has 2 aromatic carbocycles. The highest BCUT2D eigenvalue weighted by molar-refractivity contribution is 6.02. The smallest absolute Gasteiger partial charge is 0.335 e. The first kappa shape index (κ1) is 20.6. The van der Waals surface area contributed by atoms with Crippen molar-refractivity contribution in [3.63, 3.8) is 0 Å². The molecule has 0 saturated heterocycles. The minimum Gasteiger partial charge on any atom is -0.478 e. The van der Waals surface area contributed by atoms with Crippen LogP contribution in [0, 0.1) is 12.7 Å². The first-order valence-electron chi connectivity index (χ1n) is 8.09. The van der Waals surface area contributed by atoms with E-state index in [2.05, 4.69) is 0 Å². The Balaban J connectivity index is 0.00000261. The molecule has 0 saturated carbocycles. The van der Waals surface area contributed by atoms with Crippen LogP contribution in [0.4, 0.5) is 8.78 Å². The minimum atomic E-state index is -1.04. The molecule has 3 aromatic rings. The van der Waals surface area contributed by atoms with Crippen molar-refractivity contribution in [3.05, 3.63) is 71.4 Å². The molecule has 1 heterocycles. The molecule has 27 heavy (non-hydrogen) atoms. The summed E-state index contributed by atoms with van der Waals surface area (Å²) in [6, 6.07) is 10.6. The molecule has 0 atom stereocenters. The standard InChI is InChI=1S/C20H18F2N2O2.ClH/c1-12-19(13-2-5-15(21)6-3-13)17-10-14(20(25)26)4-7-18(17)24(12)11-16(22)8-9-23;/h2-8,10H,9,11,23H2,1H3,(H,25,26);1H/b16-8-;. The number of halogens is 3. The van der Waals surface area contributed by atoms with Gasteiger partial charge >= 0.3 is 5.97 Å². The summed E-state index contributed by atoms with van der Waals surface area (Å²) in [5.41, 5.74) is 8.45. The number of carboxylic acids is 1. The number of hydrogen-bond donors (Lipinski definition) is 2. The van der Waals surface area contributed by atoms with Crippen molar-refractivity contribution in [2.45, 2.75) is 13.5 Å². The van der Waals surface area contributed by atoms with Gasteiger partial charge in [0.05, 0.1) is 12.1 Å². The molecule has 0 aliphatic heterocycles. The fourth-order valence-electron chi connectivity index (χ4n) is 3.14. The van der Waals surface area contributed by atoms with Crippen molar-refractivity contribution in [2.75, 3.05) is 6.54 Å². The Labute approximate surface area is 161 Å². The summed E-state index contributed by atoms with van der Waals surface area (Å²) < 4.78 is 29.1. The van der Waals surface area contributed by atoms with Gasteiger partial charge in [-0.25, -0.2) is 13.6 Å². The number of nitrogens with two attached hydrogens (primary N) is 1. The van der Waals surface area contributed by atoms with Gasteiger partial charge < -0.3 is 15.4 Å². The van der Waals surface area contributed by atoms with Gasteiger partial charge in [-0.1, -0.05) is 12.1 Å². The molecule has 0 amide bonds. The van der Waals surface area contributed by atoms with E-state index in [4.69, 9.17) is 5.73 Å². The summed E-state index contributed by atoms with van der Waals surface area (Å²) in [7, 11) is 0. The molecule has 0 fully saturated rings. The van der Waals surface area contributed by atoms with Crippen LogP contribution in [0.1, 0.15) is 16.1 Å². The zero-order valence-electron chi connectivity index (χ0n) is 14.6. The summed E-state index contributed by atoms with van der Waals surface area (Å²) in [5.74, 6) is -1.78. The van der Waals surface area contributed by atoms with Crippen LogP contribution < -0.4 is 5.73 Å². The van der Waals surface area contributed by atoms with E-state index in [1.165, 1.54) is 24.3 Å². The molecule has 142 valence electrons. The maximum absolute atomic E-state index is 14.1. The second-order valence-electron chi connectivity index (χ2n) is 5.98. The Hall–Kier alpha value is -2.70. The highest BCUT2D eigenvalue weighted by Gasteiger charge is 2.18. The number of fused-ring (bicyclic) bond motifs is 1. The number of carbonyl (C=O) groups is 1. The molecule has 0 aliphatic rings. The summed E-state index contributed by atoms with van der Waals surface area (Å²) in [6.45, 7) is 1.92. The minimum absolute atomic E-state index is 0. The molecular weight excluding hydrogens is 374 g/mol. The third-order valence-electron chi connectivity index (χ3n) is 4.35. The third kappa shape index (κ3) is 4.02. The van der Waals surface area contributed by atoms with E-state index in [0.29, 0.717) is 10.9 Å². The van der Waals surface area contributed by atoms with E-state index in [9.17, 15) is 18.7 Å². The molecule has 7 heteroatoms. The van der Waals surface area contributed by atoms with Crippen molar-refractivity contribution >= 4 is 29.3 Å². The highest BCUT2D eigenvalue weighted by atomic mass is 35.5. The summed E-state index contributed by atoms with van der Waals surface area (Å²) in [4.78, 5) is 11.4. The number of benzene rings is 2. The van der Waals surface area contributed by atoms with Crippen LogP contribution in [0.3, 0.4) is 0 Å². The molecule has 0 spiro atoms. The van der Waals surface area contributed by atoms with E-state index in [1.54, 1.807) is 28.8 Å². The molecule has 0 bridgehead atoms. The summed E-state index contributed by atoms with van der Waals surface area (Å²) >= 11 is 0. The van der Waals surface area contributed by atoms with Crippen LogP contribution in [-0.2, 0) is 6.54 Å². The Morgan fingerprint density at radius 2 is 1.89 bits per heavy atom. The van der Waals surface area contributed by atoms with Crippen molar-refractivity contribution in [3.8, 4) is 11.1 Å². The number of nitrogens with zero attached hydrogens (tertiary/aromatic N) is 1. The third-order valence-corrected chi connectivity index (χ3v) is 4.35. The van der Waals surface area contributed by atoms with Crippen molar-refractivity contribution in [1.82, 2.24) is 4.57 Å². The maximum atomic E-state index is 14.1. The van der Waals surface area contributed by atoms with Gasteiger partial charge in [0.25, 0.3) is 0 Å². The van der Waals surface area contributed by atoms with E-state index in [0.717, 1.165) is 16.8 Å². The van der Waals surface area contributed by atoms with Gasteiger partial charge in [0.2, 0.25) is 0 Å². The van der Waals surface area contributed by atoms with Crippen LogP contribution in [0.2, 0.25) is 0 Å². The Morgan fingerprint density at radius 1 is 1.22 bits per heavy atom. The molecule has 3 N–H and O–H groups in total. The second kappa shape index (κ2) is 8.33. The van der Waals surface area contributed by atoms with E-state index >= 15 is 0 Å². The average Bonchev–Trinajstić information content (AvgIpc) is 2.87. The van der Waals surface area contributed by atoms with Crippen LogP contribution in [0.15, 0.2) is 54.4 Å². The number of allylic oxidation sites excluding steroid dienone is 1. The van der Waals surface area contributed by atoms with Gasteiger partial charge in [0.1, 0.15) is 11.6 Å². The predicted octanol–water partition coefficient (Wildman–Crippen LogP) is 4.69. The maximum Gasteiger partial charge on any atom is 0.335 e. The number of carboxylic acid groups (broad SMARTS) is 1. The largest absolute Gasteiger partial charge is 0.478 e.